The number of carbonyl (C=O) groups excluding carboxylic acids is 1. The van der Waals surface area contributed by atoms with Gasteiger partial charge in [-0.05, 0) is 136 Å². The van der Waals surface area contributed by atoms with Gasteiger partial charge in [-0.2, -0.15) is 0 Å². The van der Waals surface area contributed by atoms with Gasteiger partial charge in [0.25, 0.3) is 0 Å². The molecule has 0 bridgehead atoms. The van der Waals surface area contributed by atoms with Crippen LogP contribution >= 0.6 is 0 Å². The highest BCUT2D eigenvalue weighted by Crippen LogP contribution is 2.68. The van der Waals surface area contributed by atoms with Crippen LogP contribution in [0.25, 0.3) is 0 Å². The van der Waals surface area contributed by atoms with Crippen molar-refractivity contribution in [3.8, 4) is 0 Å². The van der Waals surface area contributed by atoms with E-state index in [2.05, 4.69) is 50.8 Å². The summed E-state index contributed by atoms with van der Waals surface area (Å²) in [5.41, 5.74) is 4.30. The molecule has 5 aliphatic rings. The Morgan fingerprint density at radius 3 is 2.63 bits per heavy atom. The monoisotopic (exact) mass is 521 g/mol. The van der Waals surface area contributed by atoms with Crippen molar-refractivity contribution >= 4 is 11.6 Å². The van der Waals surface area contributed by atoms with Gasteiger partial charge in [0, 0.05) is 18.7 Å². The molecule has 0 saturated heterocycles. The van der Waals surface area contributed by atoms with E-state index in [9.17, 15) is 15.0 Å². The summed E-state index contributed by atoms with van der Waals surface area (Å²) in [5, 5.41) is 21.9. The van der Waals surface area contributed by atoms with Crippen molar-refractivity contribution in [2.45, 2.75) is 117 Å². The average Bonchev–Trinajstić information content (AvgIpc) is 3.24. The second-order valence-corrected chi connectivity index (χ2v) is 14.7. The van der Waals surface area contributed by atoms with E-state index in [0.717, 1.165) is 57.2 Å². The lowest BCUT2D eigenvalue weighted by atomic mass is 9.43. The Kier molecular flexibility index (Phi) is 6.99. The van der Waals surface area contributed by atoms with Crippen molar-refractivity contribution < 1.29 is 15.0 Å². The molecule has 210 valence electrons. The summed E-state index contributed by atoms with van der Waals surface area (Å²) in [6.45, 7) is 10.4. The van der Waals surface area contributed by atoms with Crippen LogP contribution in [0.5, 0.6) is 0 Å². The Labute approximate surface area is 230 Å². The number of anilines is 1. The lowest BCUT2D eigenvalue weighted by molar-refractivity contribution is -0.174. The maximum Gasteiger partial charge on any atom is 0.226 e. The number of fused-ring (bicyclic) bond motifs is 6. The number of carbonyl (C=O) groups is 1. The molecule has 2 N–H and O–H groups in total. The van der Waals surface area contributed by atoms with E-state index >= 15 is 0 Å². The first kappa shape index (κ1) is 26.8. The van der Waals surface area contributed by atoms with Crippen LogP contribution in [0, 0.1) is 53.3 Å². The van der Waals surface area contributed by atoms with Crippen molar-refractivity contribution in [2.75, 3.05) is 11.4 Å². The van der Waals surface area contributed by atoms with Gasteiger partial charge < -0.3 is 15.1 Å². The van der Waals surface area contributed by atoms with Crippen LogP contribution in [-0.4, -0.2) is 34.9 Å². The standard InChI is InChI=1S/C34H51NO3/c1-21-7-11-29-23(18-21)6-5-17-35(29)31(38)12-8-22(2)26-9-10-27-32-28(14-16-34(26,27)4)33(3)15-13-25(36)19-24(33)20-30(32)37/h7,11,18,22,24-28,30,32,36-37H,5-6,8-10,12-17,19-20H2,1-4H3/t22-,24+,25-,26-,27+,28+,30-,32+,33+,34-/m1/s1. The normalized spacial score (nSPS) is 43.0. The van der Waals surface area contributed by atoms with E-state index in [1.807, 2.05) is 0 Å². The second-order valence-electron chi connectivity index (χ2n) is 14.7. The molecule has 38 heavy (non-hydrogen) atoms. The molecular formula is C34H51NO3. The molecular weight excluding hydrogens is 470 g/mol. The summed E-state index contributed by atoms with van der Waals surface area (Å²) >= 11 is 0. The molecule has 1 amide bonds. The maximum absolute atomic E-state index is 13.4. The lowest BCUT2D eigenvalue weighted by Crippen LogP contribution is -2.58. The van der Waals surface area contributed by atoms with Gasteiger partial charge in [-0.3, -0.25) is 4.79 Å². The number of hydrogen-bond donors (Lipinski definition) is 2. The molecule has 1 aliphatic heterocycles. The predicted molar refractivity (Wildman–Crippen MR) is 153 cm³/mol. The first-order valence-corrected chi connectivity index (χ1v) is 15.9. The number of benzene rings is 1. The minimum atomic E-state index is -0.216. The Morgan fingerprint density at radius 1 is 1.05 bits per heavy atom. The Bertz CT molecular complexity index is 1050. The van der Waals surface area contributed by atoms with Gasteiger partial charge in [0.1, 0.15) is 0 Å². The van der Waals surface area contributed by atoms with E-state index in [1.54, 1.807) is 0 Å². The number of amides is 1. The van der Waals surface area contributed by atoms with Crippen LogP contribution in [0.4, 0.5) is 5.69 Å². The molecule has 4 nitrogen and oxygen atoms in total. The average molecular weight is 522 g/mol. The molecule has 10 atom stereocenters. The largest absolute Gasteiger partial charge is 0.393 e. The third kappa shape index (κ3) is 4.28. The fraction of sp³-hybridized carbons (Fsp3) is 0.794. The summed E-state index contributed by atoms with van der Waals surface area (Å²) in [4.78, 5) is 15.5. The second kappa shape index (κ2) is 9.91. The fourth-order valence-electron chi connectivity index (χ4n) is 10.8. The van der Waals surface area contributed by atoms with Crippen molar-refractivity contribution in [3.05, 3.63) is 29.3 Å². The minimum absolute atomic E-state index is 0.173. The maximum atomic E-state index is 13.4. The van der Waals surface area contributed by atoms with Crippen molar-refractivity contribution in [2.24, 2.45) is 46.3 Å². The van der Waals surface area contributed by atoms with Crippen LogP contribution in [-0.2, 0) is 11.2 Å². The Balaban J connectivity index is 1.13. The summed E-state index contributed by atoms with van der Waals surface area (Å²) in [7, 11) is 0. The van der Waals surface area contributed by atoms with Crippen molar-refractivity contribution in [1.82, 2.24) is 0 Å². The van der Waals surface area contributed by atoms with Gasteiger partial charge >= 0.3 is 0 Å². The van der Waals surface area contributed by atoms with Crippen molar-refractivity contribution in [1.29, 1.82) is 0 Å². The smallest absolute Gasteiger partial charge is 0.226 e. The molecule has 6 rings (SSSR count). The highest BCUT2D eigenvalue weighted by atomic mass is 16.3. The molecule has 4 saturated carbocycles. The van der Waals surface area contributed by atoms with E-state index in [4.69, 9.17) is 0 Å². The van der Waals surface area contributed by atoms with Gasteiger partial charge in [0.05, 0.1) is 12.2 Å². The molecule has 1 aromatic rings. The van der Waals surface area contributed by atoms with E-state index < -0.39 is 0 Å². The summed E-state index contributed by atoms with van der Waals surface area (Å²) in [6, 6.07) is 6.55. The first-order chi connectivity index (χ1) is 18.1. The van der Waals surface area contributed by atoms with Crippen LogP contribution in [0.3, 0.4) is 0 Å². The summed E-state index contributed by atoms with van der Waals surface area (Å²) in [5.74, 6) is 3.55. The number of aliphatic hydroxyl groups is 2. The molecule has 1 heterocycles. The summed E-state index contributed by atoms with van der Waals surface area (Å²) in [6.07, 6.45) is 12.1. The number of hydrogen-bond acceptors (Lipinski definition) is 3. The van der Waals surface area contributed by atoms with Gasteiger partial charge in [-0.1, -0.05) is 38.5 Å². The van der Waals surface area contributed by atoms with Crippen LogP contribution in [0.1, 0.15) is 103 Å². The highest BCUT2D eigenvalue weighted by Gasteiger charge is 2.62. The topological polar surface area (TPSA) is 60.8 Å². The third-order valence-electron chi connectivity index (χ3n) is 12.9. The van der Waals surface area contributed by atoms with Gasteiger partial charge in [-0.25, -0.2) is 0 Å². The SMILES string of the molecule is Cc1ccc2c(c1)CCCN2C(=O)CC[C@@H](C)[C@H]1CC[C@H]2[C@@H]3[C@H](O)C[C@@H]4C[C@H](O)CC[C@]4(C)[C@H]3CC[C@]12C. The molecule has 0 radical (unpaired) electrons. The molecule has 4 aliphatic carbocycles. The van der Waals surface area contributed by atoms with Crippen molar-refractivity contribution in [3.63, 3.8) is 0 Å². The zero-order valence-electron chi connectivity index (χ0n) is 24.3. The summed E-state index contributed by atoms with van der Waals surface area (Å²) < 4.78 is 0. The minimum Gasteiger partial charge on any atom is -0.393 e. The highest BCUT2D eigenvalue weighted by molar-refractivity contribution is 5.94. The van der Waals surface area contributed by atoms with Gasteiger partial charge in [-0.15, -0.1) is 0 Å². The third-order valence-corrected chi connectivity index (χ3v) is 12.9. The number of rotatable bonds is 4. The molecule has 4 fully saturated rings. The lowest BCUT2D eigenvalue weighted by Gasteiger charge is -2.62. The van der Waals surface area contributed by atoms with Crippen LogP contribution < -0.4 is 4.90 Å². The first-order valence-electron chi connectivity index (χ1n) is 15.9. The van der Waals surface area contributed by atoms with E-state index in [0.29, 0.717) is 47.8 Å². The molecule has 4 heteroatoms. The van der Waals surface area contributed by atoms with Gasteiger partial charge in [0.15, 0.2) is 0 Å². The zero-order chi connectivity index (χ0) is 26.8. The van der Waals surface area contributed by atoms with E-state index in [1.165, 1.54) is 36.8 Å². The van der Waals surface area contributed by atoms with Crippen LogP contribution in [0.2, 0.25) is 0 Å². The molecule has 0 unspecified atom stereocenters. The van der Waals surface area contributed by atoms with Gasteiger partial charge in [0.2, 0.25) is 5.91 Å². The Morgan fingerprint density at radius 2 is 1.82 bits per heavy atom. The fourth-order valence-corrected chi connectivity index (χ4v) is 10.8. The molecule has 1 aromatic carbocycles. The van der Waals surface area contributed by atoms with Crippen LogP contribution in [0.15, 0.2) is 18.2 Å². The zero-order valence-corrected chi connectivity index (χ0v) is 24.3. The number of aryl methyl sites for hydroxylation is 2. The number of aliphatic hydroxyl groups excluding tert-OH is 2. The van der Waals surface area contributed by atoms with E-state index in [-0.39, 0.29) is 23.0 Å². The Hall–Kier alpha value is -1.39. The predicted octanol–water partition coefficient (Wildman–Crippen LogP) is 6.68. The molecule has 0 aromatic heterocycles. The number of nitrogens with zero attached hydrogens (tertiary/aromatic N) is 1. The quantitative estimate of drug-likeness (QED) is 0.465. The molecule has 0 spiro atoms.